The van der Waals surface area contributed by atoms with Crippen LogP contribution in [0.4, 0.5) is 0 Å². The van der Waals surface area contributed by atoms with Crippen LogP contribution in [0.25, 0.3) is 0 Å². The number of fused-ring (bicyclic) bond motifs is 1. The Morgan fingerprint density at radius 1 is 1.00 bits per heavy atom. The maximum Gasteiger partial charge on any atom is 0.258 e. The van der Waals surface area contributed by atoms with Crippen LogP contribution < -0.4 is 19.5 Å². The number of Topliss-reactive ketones (excluding diaryl/α,β-unsaturated/α-hetero) is 1. The van der Waals surface area contributed by atoms with Crippen molar-refractivity contribution in [3.05, 3.63) is 53.6 Å². The molecular weight excluding hydrogens is 370 g/mol. The Bertz CT molecular complexity index is 900. The molecular formula is C23H25NO5. The van der Waals surface area contributed by atoms with Gasteiger partial charge in [0.05, 0.1) is 5.54 Å². The largest absolute Gasteiger partial charge is 0.486 e. The van der Waals surface area contributed by atoms with Crippen molar-refractivity contribution < 1.29 is 23.8 Å². The Labute approximate surface area is 170 Å². The van der Waals surface area contributed by atoms with Crippen LogP contribution in [0.2, 0.25) is 0 Å². The lowest BCUT2D eigenvalue weighted by atomic mass is 9.87. The molecule has 2 aliphatic rings. The zero-order chi connectivity index (χ0) is 20.3. The molecule has 6 heteroatoms. The summed E-state index contributed by atoms with van der Waals surface area (Å²) in [7, 11) is 0. The molecule has 1 aliphatic carbocycles. The summed E-state index contributed by atoms with van der Waals surface area (Å²) in [6, 6.07) is 12.7. The van der Waals surface area contributed by atoms with Crippen LogP contribution in [-0.2, 0) is 10.3 Å². The van der Waals surface area contributed by atoms with Gasteiger partial charge in [0.1, 0.15) is 19.0 Å². The lowest BCUT2D eigenvalue weighted by molar-refractivity contribution is -0.125. The van der Waals surface area contributed by atoms with Gasteiger partial charge in [0.2, 0.25) is 0 Å². The van der Waals surface area contributed by atoms with Crippen molar-refractivity contribution >= 4 is 11.7 Å². The van der Waals surface area contributed by atoms with Gasteiger partial charge in [-0.1, -0.05) is 18.9 Å². The standard InChI is InChI=1S/C23H25NO5/c1-16(25)17-4-7-19(8-5-17)29-15-22(26)24-23(10-2-3-11-23)18-6-9-20-21(14-18)28-13-12-27-20/h4-9,14H,2-3,10-13,15H2,1H3,(H,24,26). The number of hydrogen-bond acceptors (Lipinski definition) is 5. The molecule has 152 valence electrons. The molecule has 2 aromatic rings. The van der Waals surface area contributed by atoms with Gasteiger partial charge >= 0.3 is 0 Å². The fraction of sp³-hybridized carbons (Fsp3) is 0.391. The van der Waals surface area contributed by atoms with Gasteiger partial charge in [0.15, 0.2) is 23.9 Å². The third-order valence-corrected chi connectivity index (χ3v) is 5.56. The van der Waals surface area contributed by atoms with Gasteiger partial charge in [-0.25, -0.2) is 0 Å². The highest BCUT2D eigenvalue weighted by atomic mass is 16.6. The highest BCUT2D eigenvalue weighted by Gasteiger charge is 2.38. The molecule has 29 heavy (non-hydrogen) atoms. The van der Waals surface area contributed by atoms with Gasteiger partial charge in [-0.3, -0.25) is 9.59 Å². The molecule has 1 heterocycles. The Morgan fingerprint density at radius 2 is 1.69 bits per heavy atom. The second-order valence-corrected chi connectivity index (χ2v) is 7.57. The third-order valence-electron chi connectivity index (χ3n) is 5.56. The number of carbonyl (C=O) groups excluding carboxylic acids is 2. The lowest BCUT2D eigenvalue weighted by Gasteiger charge is -2.32. The molecule has 2 aromatic carbocycles. The van der Waals surface area contributed by atoms with E-state index < -0.39 is 5.54 Å². The quantitative estimate of drug-likeness (QED) is 0.756. The molecule has 0 spiro atoms. The van der Waals surface area contributed by atoms with Crippen molar-refractivity contribution in [3.63, 3.8) is 0 Å². The first-order valence-corrected chi connectivity index (χ1v) is 10.0. The summed E-state index contributed by atoms with van der Waals surface area (Å²) in [5, 5.41) is 3.20. The highest BCUT2D eigenvalue weighted by Crippen LogP contribution is 2.42. The van der Waals surface area contributed by atoms with E-state index in [1.54, 1.807) is 24.3 Å². The Kier molecular flexibility index (Phi) is 5.43. The van der Waals surface area contributed by atoms with E-state index in [1.165, 1.54) is 6.92 Å². The SMILES string of the molecule is CC(=O)c1ccc(OCC(=O)NC2(c3ccc4c(c3)OCCO4)CCCC2)cc1. The van der Waals surface area contributed by atoms with Gasteiger partial charge < -0.3 is 19.5 Å². The van der Waals surface area contributed by atoms with E-state index in [1.807, 2.05) is 18.2 Å². The summed E-state index contributed by atoms with van der Waals surface area (Å²) in [5.74, 6) is 1.87. The zero-order valence-corrected chi connectivity index (χ0v) is 16.5. The fourth-order valence-electron chi connectivity index (χ4n) is 4.04. The molecule has 1 amide bonds. The van der Waals surface area contributed by atoms with Crippen molar-refractivity contribution in [2.45, 2.75) is 38.1 Å². The first kappa shape index (κ1) is 19.3. The van der Waals surface area contributed by atoms with Gasteiger partial charge in [-0.05, 0) is 61.7 Å². The first-order valence-electron chi connectivity index (χ1n) is 10.0. The first-order chi connectivity index (χ1) is 14.1. The van der Waals surface area contributed by atoms with Gasteiger partial charge in [-0.2, -0.15) is 0 Å². The number of amides is 1. The van der Waals surface area contributed by atoms with E-state index in [-0.39, 0.29) is 18.3 Å². The van der Waals surface area contributed by atoms with Crippen LogP contribution in [0.15, 0.2) is 42.5 Å². The number of carbonyl (C=O) groups is 2. The molecule has 1 saturated carbocycles. The van der Waals surface area contributed by atoms with E-state index in [0.717, 1.165) is 42.7 Å². The fourth-order valence-corrected chi connectivity index (χ4v) is 4.04. The Morgan fingerprint density at radius 3 is 2.38 bits per heavy atom. The lowest BCUT2D eigenvalue weighted by Crippen LogP contribution is -2.45. The second kappa shape index (κ2) is 8.15. The minimum atomic E-state index is -0.408. The minimum absolute atomic E-state index is 0.00287. The number of rotatable bonds is 6. The van der Waals surface area contributed by atoms with Crippen molar-refractivity contribution in [1.82, 2.24) is 5.32 Å². The maximum absolute atomic E-state index is 12.7. The molecule has 0 radical (unpaired) electrons. The van der Waals surface area contributed by atoms with Crippen LogP contribution in [0, 0.1) is 0 Å². The predicted octanol–water partition coefficient (Wildman–Crippen LogP) is 3.62. The zero-order valence-electron chi connectivity index (χ0n) is 16.5. The molecule has 1 aliphatic heterocycles. The third kappa shape index (κ3) is 4.21. The number of ketones is 1. The van der Waals surface area contributed by atoms with Crippen molar-refractivity contribution in [2.24, 2.45) is 0 Å². The monoisotopic (exact) mass is 395 g/mol. The van der Waals surface area contributed by atoms with Gasteiger partial charge in [-0.15, -0.1) is 0 Å². The van der Waals surface area contributed by atoms with E-state index >= 15 is 0 Å². The summed E-state index contributed by atoms with van der Waals surface area (Å²) in [4.78, 5) is 24.0. The van der Waals surface area contributed by atoms with Crippen molar-refractivity contribution in [3.8, 4) is 17.2 Å². The molecule has 0 bridgehead atoms. The molecule has 0 saturated heterocycles. The topological polar surface area (TPSA) is 73.9 Å². The molecule has 6 nitrogen and oxygen atoms in total. The van der Waals surface area contributed by atoms with Crippen molar-refractivity contribution in [1.29, 1.82) is 0 Å². The molecule has 0 atom stereocenters. The van der Waals surface area contributed by atoms with Gasteiger partial charge in [0, 0.05) is 5.56 Å². The number of benzene rings is 2. The summed E-state index contributed by atoms with van der Waals surface area (Å²) < 4.78 is 16.9. The van der Waals surface area contributed by atoms with Crippen LogP contribution in [-0.4, -0.2) is 31.5 Å². The predicted molar refractivity (Wildman–Crippen MR) is 108 cm³/mol. The van der Waals surface area contributed by atoms with Crippen molar-refractivity contribution in [2.75, 3.05) is 19.8 Å². The van der Waals surface area contributed by atoms with Crippen LogP contribution in [0.3, 0.4) is 0 Å². The molecule has 1 fully saturated rings. The second-order valence-electron chi connectivity index (χ2n) is 7.57. The van der Waals surface area contributed by atoms with E-state index in [9.17, 15) is 9.59 Å². The smallest absolute Gasteiger partial charge is 0.258 e. The Hall–Kier alpha value is -3.02. The Balaban J connectivity index is 1.44. The molecule has 0 aromatic heterocycles. The summed E-state index contributed by atoms with van der Waals surface area (Å²) in [5.41, 5.74) is 1.25. The molecule has 1 N–H and O–H groups in total. The number of hydrogen-bond donors (Lipinski definition) is 1. The van der Waals surface area contributed by atoms with E-state index in [4.69, 9.17) is 14.2 Å². The van der Waals surface area contributed by atoms with Crippen LogP contribution in [0.5, 0.6) is 17.2 Å². The van der Waals surface area contributed by atoms with Crippen LogP contribution >= 0.6 is 0 Å². The number of nitrogens with one attached hydrogen (secondary N) is 1. The summed E-state index contributed by atoms with van der Waals surface area (Å²) in [6.07, 6.45) is 3.88. The summed E-state index contributed by atoms with van der Waals surface area (Å²) in [6.45, 7) is 2.53. The average Bonchev–Trinajstić information content (AvgIpc) is 3.22. The number of ether oxygens (including phenoxy) is 3. The van der Waals surface area contributed by atoms with E-state index in [0.29, 0.717) is 24.5 Å². The molecule has 4 rings (SSSR count). The maximum atomic E-state index is 12.7. The highest BCUT2D eigenvalue weighted by molar-refractivity contribution is 5.94. The molecule has 0 unspecified atom stereocenters. The van der Waals surface area contributed by atoms with E-state index in [2.05, 4.69) is 5.32 Å². The minimum Gasteiger partial charge on any atom is -0.486 e. The van der Waals surface area contributed by atoms with Gasteiger partial charge in [0.25, 0.3) is 5.91 Å². The van der Waals surface area contributed by atoms with Crippen LogP contribution in [0.1, 0.15) is 48.5 Å². The normalized spacial score (nSPS) is 16.9. The summed E-state index contributed by atoms with van der Waals surface area (Å²) >= 11 is 0. The average molecular weight is 395 g/mol.